The number of hydrogen-bond donors (Lipinski definition) is 2. The summed E-state index contributed by atoms with van der Waals surface area (Å²) < 4.78 is 10.7. The number of hydrogen-bond acceptors (Lipinski definition) is 5. The summed E-state index contributed by atoms with van der Waals surface area (Å²) in [6.07, 6.45) is 1.49. The molecule has 2 N–H and O–H groups in total. The molecular weight excluding hydrogens is 348 g/mol. The average Bonchev–Trinajstić information content (AvgIpc) is 2.50. The molecule has 1 fully saturated rings. The summed E-state index contributed by atoms with van der Waals surface area (Å²) in [6.45, 7) is 14.8. The highest BCUT2D eigenvalue weighted by atomic mass is 16.6. The van der Waals surface area contributed by atoms with Gasteiger partial charge in [0, 0.05) is 25.7 Å². The van der Waals surface area contributed by atoms with Crippen LogP contribution in [0.1, 0.15) is 61.3 Å². The molecule has 1 atom stereocenters. The summed E-state index contributed by atoms with van der Waals surface area (Å²) in [6, 6.07) is 0.0442. The van der Waals surface area contributed by atoms with E-state index in [-0.39, 0.29) is 24.6 Å². The number of esters is 1. The molecule has 0 saturated carbocycles. The minimum atomic E-state index is -0.532. The van der Waals surface area contributed by atoms with Crippen LogP contribution in [0.4, 0.5) is 4.79 Å². The number of amides is 1. The third-order valence-electron chi connectivity index (χ3n) is 3.54. The molecule has 156 valence electrons. The van der Waals surface area contributed by atoms with Crippen LogP contribution in [-0.4, -0.2) is 66.3 Å². The van der Waals surface area contributed by atoms with E-state index in [0.717, 1.165) is 12.8 Å². The molecule has 1 amide bonds. The van der Waals surface area contributed by atoms with E-state index in [2.05, 4.69) is 15.6 Å². The maximum atomic E-state index is 12.3. The molecule has 1 rings (SSSR count). The molecule has 1 unspecified atom stereocenters. The van der Waals surface area contributed by atoms with Crippen LogP contribution >= 0.6 is 0 Å². The van der Waals surface area contributed by atoms with Crippen LogP contribution in [0.25, 0.3) is 0 Å². The van der Waals surface area contributed by atoms with Crippen LogP contribution in [0.2, 0.25) is 0 Å². The van der Waals surface area contributed by atoms with Gasteiger partial charge in [-0.1, -0.05) is 0 Å². The molecule has 1 saturated heterocycles. The van der Waals surface area contributed by atoms with Gasteiger partial charge in [-0.05, 0) is 61.3 Å². The number of piperidine rings is 1. The van der Waals surface area contributed by atoms with Gasteiger partial charge in [0.1, 0.15) is 17.7 Å². The largest absolute Gasteiger partial charge is 0.459 e. The van der Waals surface area contributed by atoms with Gasteiger partial charge in [0.05, 0.1) is 0 Å². The Balaban J connectivity index is 2.64. The lowest BCUT2D eigenvalue weighted by Crippen LogP contribution is -2.53. The van der Waals surface area contributed by atoms with Gasteiger partial charge in [0.2, 0.25) is 0 Å². The SMILES string of the molecule is CCNC(=NCC(=O)OC(C)(C)C)NC1CCCN(C(=O)OC(C)(C)C)C1. The van der Waals surface area contributed by atoms with Gasteiger partial charge in [-0.15, -0.1) is 0 Å². The van der Waals surface area contributed by atoms with E-state index in [9.17, 15) is 9.59 Å². The second-order valence-corrected chi connectivity index (χ2v) is 8.69. The smallest absolute Gasteiger partial charge is 0.410 e. The lowest BCUT2D eigenvalue weighted by atomic mass is 10.1. The van der Waals surface area contributed by atoms with Gasteiger partial charge >= 0.3 is 12.1 Å². The fourth-order valence-electron chi connectivity index (χ4n) is 2.62. The Bertz CT molecular complexity index is 535. The van der Waals surface area contributed by atoms with Crippen LogP contribution in [0, 0.1) is 0 Å². The maximum Gasteiger partial charge on any atom is 0.410 e. The van der Waals surface area contributed by atoms with Crippen molar-refractivity contribution >= 4 is 18.0 Å². The number of ether oxygens (including phenoxy) is 2. The first-order chi connectivity index (χ1) is 12.4. The Hall–Kier alpha value is -1.99. The number of carbonyl (C=O) groups excluding carboxylic acids is 2. The monoisotopic (exact) mass is 384 g/mol. The fraction of sp³-hybridized carbons (Fsp3) is 0.842. The third kappa shape index (κ3) is 10.1. The van der Waals surface area contributed by atoms with Crippen molar-refractivity contribution in [2.75, 3.05) is 26.2 Å². The Labute approximate surface area is 163 Å². The zero-order chi connectivity index (χ0) is 20.7. The molecule has 1 aliphatic heterocycles. The molecule has 8 nitrogen and oxygen atoms in total. The summed E-state index contributed by atoms with van der Waals surface area (Å²) in [4.78, 5) is 30.2. The van der Waals surface area contributed by atoms with Crippen LogP contribution in [0.15, 0.2) is 4.99 Å². The molecule has 27 heavy (non-hydrogen) atoms. The van der Waals surface area contributed by atoms with E-state index in [0.29, 0.717) is 25.6 Å². The Kier molecular flexibility index (Phi) is 8.37. The second kappa shape index (κ2) is 9.80. The van der Waals surface area contributed by atoms with E-state index in [1.165, 1.54) is 0 Å². The van der Waals surface area contributed by atoms with Crippen molar-refractivity contribution in [2.45, 2.75) is 78.6 Å². The second-order valence-electron chi connectivity index (χ2n) is 8.69. The van der Waals surface area contributed by atoms with Crippen molar-refractivity contribution in [1.82, 2.24) is 15.5 Å². The quantitative estimate of drug-likeness (QED) is 0.439. The number of nitrogens with one attached hydrogen (secondary N) is 2. The van der Waals surface area contributed by atoms with Crippen LogP contribution in [0.5, 0.6) is 0 Å². The highest BCUT2D eigenvalue weighted by Gasteiger charge is 2.28. The van der Waals surface area contributed by atoms with Crippen molar-refractivity contribution < 1.29 is 19.1 Å². The van der Waals surface area contributed by atoms with Crippen molar-refractivity contribution in [1.29, 1.82) is 0 Å². The Morgan fingerprint density at radius 1 is 1.11 bits per heavy atom. The van der Waals surface area contributed by atoms with E-state index >= 15 is 0 Å². The number of aliphatic imine (C=N–C) groups is 1. The van der Waals surface area contributed by atoms with Crippen LogP contribution in [0.3, 0.4) is 0 Å². The highest BCUT2D eigenvalue weighted by molar-refractivity contribution is 5.83. The Morgan fingerprint density at radius 2 is 1.74 bits per heavy atom. The molecular formula is C19H36N4O4. The molecule has 1 heterocycles. The number of nitrogens with zero attached hydrogens (tertiary/aromatic N) is 2. The zero-order valence-corrected chi connectivity index (χ0v) is 17.8. The lowest BCUT2D eigenvalue weighted by molar-refractivity contribution is -0.152. The molecule has 0 aromatic carbocycles. The molecule has 0 bridgehead atoms. The van der Waals surface area contributed by atoms with Gasteiger partial charge in [-0.2, -0.15) is 0 Å². The molecule has 0 aliphatic carbocycles. The number of likely N-dealkylation sites (tertiary alicyclic amines) is 1. The summed E-state index contributed by atoms with van der Waals surface area (Å²) in [5, 5.41) is 6.43. The Morgan fingerprint density at radius 3 is 2.30 bits per heavy atom. The van der Waals surface area contributed by atoms with E-state index < -0.39 is 11.2 Å². The summed E-state index contributed by atoms with van der Waals surface area (Å²) in [5.74, 6) is 0.165. The van der Waals surface area contributed by atoms with Crippen molar-refractivity contribution in [3.05, 3.63) is 0 Å². The summed E-state index contributed by atoms with van der Waals surface area (Å²) >= 11 is 0. The predicted molar refractivity (Wildman–Crippen MR) is 106 cm³/mol. The standard InChI is InChI=1S/C19H36N4O4/c1-8-20-16(21-12-15(24)26-18(2,3)4)22-14-10-9-11-23(13-14)17(25)27-19(5,6)7/h14H,8-13H2,1-7H3,(H2,20,21,22). The molecule has 0 aromatic heterocycles. The maximum absolute atomic E-state index is 12.3. The third-order valence-corrected chi connectivity index (χ3v) is 3.54. The fourth-order valence-corrected chi connectivity index (χ4v) is 2.62. The van der Waals surface area contributed by atoms with E-state index in [4.69, 9.17) is 9.47 Å². The first kappa shape index (κ1) is 23.0. The van der Waals surface area contributed by atoms with Crippen molar-refractivity contribution in [3.8, 4) is 0 Å². The normalized spacial score (nSPS) is 18.7. The summed E-state index contributed by atoms with van der Waals surface area (Å²) in [5.41, 5.74) is -1.04. The molecule has 0 spiro atoms. The first-order valence-electron chi connectivity index (χ1n) is 9.64. The average molecular weight is 385 g/mol. The number of rotatable bonds is 4. The zero-order valence-electron chi connectivity index (χ0n) is 17.8. The van der Waals surface area contributed by atoms with Gasteiger partial charge in [-0.25, -0.2) is 9.79 Å². The molecule has 8 heteroatoms. The highest BCUT2D eigenvalue weighted by Crippen LogP contribution is 2.15. The first-order valence-corrected chi connectivity index (χ1v) is 9.64. The van der Waals surface area contributed by atoms with Crippen molar-refractivity contribution in [2.24, 2.45) is 4.99 Å². The van der Waals surface area contributed by atoms with E-state index in [1.54, 1.807) is 4.90 Å². The van der Waals surface area contributed by atoms with E-state index in [1.807, 2.05) is 48.5 Å². The van der Waals surface area contributed by atoms with Gasteiger partial charge in [0.15, 0.2) is 5.96 Å². The lowest BCUT2D eigenvalue weighted by Gasteiger charge is -2.35. The molecule has 1 aliphatic rings. The minimum absolute atomic E-state index is 0.0442. The van der Waals surface area contributed by atoms with Gasteiger partial charge in [-0.3, -0.25) is 4.79 Å². The van der Waals surface area contributed by atoms with Crippen LogP contribution in [-0.2, 0) is 14.3 Å². The summed E-state index contributed by atoms with van der Waals surface area (Å²) in [7, 11) is 0. The topological polar surface area (TPSA) is 92.3 Å². The van der Waals surface area contributed by atoms with Gasteiger partial charge < -0.3 is 25.0 Å². The predicted octanol–water partition coefficient (Wildman–Crippen LogP) is 2.28. The number of guanidine groups is 1. The minimum Gasteiger partial charge on any atom is -0.459 e. The molecule has 0 aromatic rings. The van der Waals surface area contributed by atoms with Crippen LogP contribution < -0.4 is 10.6 Å². The van der Waals surface area contributed by atoms with Gasteiger partial charge in [0.25, 0.3) is 0 Å². The van der Waals surface area contributed by atoms with Crippen molar-refractivity contribution in [3.63, 3.8) is 0 Å². The number of carbonyl (C=O) groups is 2. The molecule has 0 radical (unpaired) electrons.